The summed E-state index contributed by atoms with van der Waals surface area (Å²) in [5.41, 5.74) is -0.256. The predicted molar refractivity (Wildman–Crippen MR) is 52.9 cm³/mol. The van der Waals surface area contributed by atoms with E-state index in [9.17, 15) is 4.79 Å². The second-order valence-corrected chi connectivity index (χ2v) is 4.54. The number of aliphatic hydroxyl groups is 1. The molecular formula is C10H19NO3. The highest BCUT2D eigenvalue weighted by Gasteiger charge is 2.25. The van der Waals surface area contributed by atoms with Crippen molar-refractivity contribution in [2.24, 2.45) is 5.41 Å². The molecule has 2 N–H and O–H groups in total. The van der Waals surface area contributed by atoms with E-state index in [1.54, 1.807) is 0 Å². The van der Waals surface area contributed by atoms with E-state index < -0.39 is 0 Å². The molecule has 1 amide bonds. The summed E-state index contributed by atoms with van der Waals surface area (Å²) in [6.07, 6.45) is 1.50. The lowest BCUT2D eigenvalue weighted by molar-refractivity contribution is -0.130. The zero-order valence-electron chi connectivity index (χ0n) is 8.88. The molecule has 0 unspecified atom stereocenters. The van der Waals surface area contributed by atoms with Gasteiger partial charge in [0.2, 0.25) is 5.91 Å². The van der Waals surface area contributed by atoms with Gasteiger partial charge in [0, 0.05) is 25.2 Å². The molecule has 1 atom stereocenters. The third-order valence-electron chi connectivity index (χ3n) is 2.39. The molecule has 0 radical (unpaired) electrons. The van der Waals surface area contributed by atoms with E-state index in [4.69, 9.17) is 9.84 Å². The number of carbonyl (C=O) groups is 1. The van der Waals surface area contributed by atoms with Crippen molar-refractivity contribution in [2.45, 2.75) is 32.8 Å². The Bertz CT molecular complexity index is 198. The molecule has 0 aliphatic carbocycles. The van der Waals surface area contributed by atoms with Gasteiger partial charge in [-0.3, -0.25) is 4.79 Å². The number of nitrogens with one attached hydrogen (secondary N) is 1. The van der Waals surface area contributed by atoms with Gasteiger partial charge < -0.3 is 15.2 Å². The molecule has 1 aliphatic heterocycles. The molecule has 0 aromatic heterocycles. The highest BCUT2D eigenvalue weighted by Crippen LogP contribution is 2.14. The molecule has 0 aromatic carbocycles. The van der Waals surface area contributed by atoms with Gasteiger partial charge in [0.1, 0.15) is 6.10 Å². The van der Waals surface area contributed by atoms with Gasteiger partial charge in [-0.1, -0.05) is 13.8 Å². The Morgan fingerprint density at radius 3 is 2.86 bits per heavy atom. The quantitative estimate of drug-likeness (QED) is 0.687. The Kier molecular flexibility index (Phi) is 3.89. The lowest BCUT2D eigenvalue weighted by Gasteiger charge is -2.22. The molecule has 0 spiro atoms. The van der Waals surface area contributed by atoms with Crippen LogP contribution in [0.3, 0.4) is 0 Å². The largest absolute Gasteiger partial charge is 0.396 e. The van der Waals surface area contributed by atoms with Crippen molar-refractivity contribution in [3.63, 3.8) is 0 Å². The minimum absolute atomic E-state index is 0.0518. The standard InChI is InChI=1S/C10H19NO3/c1-10(2,7-12)6-11-9(13)8-4-3-5-14-8/h8,12H,3-7H2,1-2H3,(H,11,13)/t8-/m0/s1. The van der Waals surface area contributed by atoms with Gasteiger partial charge in [0.25, 0.3) is 0 Å². The predicted octanol–water partition coefficient (Wildman–Crippen LogP) is 0.300. The highest BCUT2D eigenvalue weighted by molar-refractivity contribution is 5.80. The molecule has 0 saturated carbocycles. The van der Waals surface area contributed by atoms with Crippen LogP contribution >= 0.6 is 0 Å². The van der Waals surface area contributed by atoms with Crippen molar-refractivity contribution in [3.05, 3.63) is 0 Å². The second kappa shape index (κ2) is 4.75. The maximum atomic E-state index is 11.5. The van der Waals surface area contributed by atoms with Crippen LogP contribution in [0.15, 0.2) is 0 Å². The van der Waals surface area contributed by atoms with E-state index in [0.29, 0.717) is 13.2 Å². The first kappa shape index (κ1) is 11.5. The fourth-order valence-corrected chi connectivity index (χ4v) is 1.28. The van der Waals surface area contributed by atoms with Crippen molar-refractivity contribution in [1.29, 1.82) is 0 Å². The van der Waals surface area contributed by atoms with Gasteiger partial charge in [0.15, 0.2) is 0 Å². The van der Waals surface area contributed by atoms with E-state index in [1.807, 2.05) is 13.8 Å². The topological polar surface area (TPSA) is 58.6 Å². The summed E-state index contributed by atoms with van der Waals surface area (Å²) in [5, 5.41) is 11.8. The number of hydrogen-bond acceptors (Lipinski definition) is 3. The summed E-state index contributed by atoms with van der Waals surface area (Å²) in [6.45, 7) is 5.05. The van der Waals surface area contributed by atoms with Gasteiger partial charge in [0.05, 0.1) is 0 Å². The maximum absolute atomic E-state index is 11.5. The maximum Gasteiger partial charge on any atom is 0.249 e. The summed E-state index contributed by atoms with van der Waals surface area (Å²) in [7, 11) is 0. The number of hydrogen-bond donors (Lipinski definition) is 2. The van der Waals surface area contributed by atoms with E-state index in [0.717, 1.165) is 12.8 Å². The van der Waals surface area contributed by atoms with Crippen LogP contribution in [0.2, 0.25) is 0 Å². The Labute approximate surface area is 84.6 Å². The first-order valence-corrected chi connectivity index (χ1v) is 5.05. The van der Waals surface area contributed by atoms with E-state index in [1.165, 1.54) is 0 Å². The molecule has 0 aromatic rings. The second-order valence-electron chi connectivity index (χ2n) is 4.54. The first-order chi connectivity index (χ1) is 6.55. The van der Waals surface area contributed by atoms with E-state index in [-0.39, 0.29) is 24.0 Å². The molecule has 4 nitrogen and oxygen atoms in total. The molecule has 1 aliphatic rings. The Morgan fingerprint density at radius 2 is 2.36 bits per heavy atom. The molecule has 1 fully saturated rings. The average molecular weight is 201 g/mol. The minimum atomic E-state index is -0.274. The minimum Gasteiger partial charge on any atom is -0.396 e. The third-order valence-corrected chi connectivity index (χ3v) is 2.39. The van der Waals surface area contributed by atoms with Gasteiger partial charge in [-0.2, -0.15) is 0 Å². The van der Waals surface area contributed by atoms with Crippen LogP contribution in [0.1, 0.15) is 26.7 Å². The molecular weight excluding hydrogens is 182 g/mol. The van der Waals surface area contributed by atoms with Gasteiger partial charge in [-0.15, -0.1) is 0 Å². The molecule has 14 heavy (non-hydrogen) atoms. The monoisotopic (exact) mass is 201 g/mol. The zero-order chi connectivity index (χ0) is 10.6. The van der Waals surface area contributed by atoms with Crippen LogP contribution in [-0.4, -0.2) is 36.9 Å². The number of amides is 1. The summed E-state index contributed by atoms with van der Waals surface area (Å²) in [5.74, 6) is -0.0518. The molecule has 1 rings (SSSR count). The van der Waals surface area contributed by atoms with Crippen molar-refractivity contribution < 1.29 is 14.6 Å². The normalized spacial score (nSPS) is 22.4. The molecule has 0 bridgehead atoms. The summed E-state index contributed by atoms with van der Waals surface area (Å²) in [4.78, 5) is 11.5. The van der Waals surface area contributed by atoms with Crippen LogP contribution in [0, 0.1) is 5.41 Å². The molecule has 4 heteroatoms. The van der Waals surface area contributed by atoms with E-state index >= 15 is 0 Å². The average Bonchev–Trinajstić information content (AvgIpc) is 2.67. The van der Waals surface area contributed by atoms with Gasteiger partial charge in [-0.05, 0) is 12.8 Å². The van der Waals surface area contributed by atoms with Crippen LogP contribution in [0.25, 0.3) is 0 Å². The van der Waals surface area contributed by atoms with E-state index in [2.05, 4.69) is 5.32 Å². The summed E-state index contributed by atoms with van der Waals surface area (Å²) < 4.78 is 5.24. The fraction of sp³-hybridized carbons (Fsp3) is 0.900. The van der Waals surface area contributed by atoms with Crippen molar-refractivity contribution in [2.75, 3.05) is 19.8 Å². The Morgan fingerprint density at radius 1 is 1.64 bits per heavy atom. The number of ether oxygens (including phenoxy) is 1. The zero-order valence-corrected chi connectivity index (χ0v) is 8.88. The number of rotatable bonds is 4. The van der Waals surface area contributed by atoms with Gasteiger partial charge in [-0.25, -0.2) is 0 Å². The lowest BCUT2D eigenvalue weighted by atomic mass is 9.95. The molecule has 1 saturated heterocycles. The fourth-order valence-electron chi connectivity index (χ4n) is 1.28. The Balaban J connectivity index is 2.27. The third kappa shape index (κ3) is 3.27. The Hall–Kier alpha value is -0.610. The van der Waals surface area contributed by atoms with Crippen molar-refractivity contribution in [1.82, 2.24) is 5.32 Å². The SMILES string of the molecule is CC(C)(CO)CNC(=O)[C@@H]1CCCO1. The van der Waals surface area contributed by atoms with Gasteiger partial charge >= 0.3 is 0 Å². The van der Waals surface area contributed by atoms with Crippen LogP contribution < -0.4 is 5.32 Å². The highest BCUT2D eigenvalue weighted by atomic mass is 16.5. The first-order valence-electron chi connectivity index (χ1n) is 5.05. The van der Waals surface area contributed by atoms with Crippen LogP contribution in [-0.2, 0) is 9.53 Å². The summed E-state index contributed by atoms with van der Waals surface area (Å²) >= 11 is 0. The molecule has 82 valence electrons. The van der Waals surface area contributed by atoms with Crippen molar-refractivity contribution in [3.8, 4) is 0 Å². The van der Waals surface area contributed by atoms with Crippen LogP contribution in [0.5, 0.6) is 0 Å². The number of carbonyl (C=O) groups excluding carboxylic acids is 1. The molecule has 1 heterocycles. The van der Waals surface area contributed by atoms with Crippen molar-refractivity contribution >= 4 is 5.91 Å². The van der Waals surface area contributed by atoms with Crippen LogP contribution in [0.4, 0.5) is 0 Å². The lowest BCUT2D eigenvalue weighted by Crippen LogP contribution is -2.41. The summed E-state index contributed by atoms with van der Waals surface area (Å²) in [6, 6.07) is 0. The smallest absolute Gasteiger partial charge is 0.249 e. The number of aliphatic hydroxyl groups excluding tert-OH is 1.